The maximum atomic E-state index is 12.7. The van der Waals surface area contributed by atoms with Gasteiger partial charge >= 0.3 is 0 Å². The van der Waals surface area contributed by atoms with Gasteiger partial charge in [-0.3, -0.25) is 4.79 Å². The second-order valence-corrected chi connectivity index (χ2v) is 7.63. The monoisotopic (exact) mass is 353 g/mol. The van der Waals surface area contributed by atoms with E-state index in [1.165, 1.54) is 36.0 Å². The van der Waals surface area contributed by atoms with Crippen LogP contribution in [0.3, 0.4) is 0 Å². The van der Waals surface area contributed by atoms with Crippen molar-refractivity contribution in [1.29, 1.82) is 0 Å². The van der Waals surface area contributed by atoms with E-state index in [0.29, 0.717) is 11.7 Å². The van der Waals surface area contributed by atoms with Crippen LogP contribution in [-0.4, -0.2) is 44.1 Å². The Kier molecular flexibility index (Phi) is 5.00. The van der Waals surface area contributed by atoms with Crippen LogP contribution in [0.1, 0.15) is 44.6 Å². The van der Waals surface area contributed by atoms with E-state index in [-0.39, 0.29) is 12.5 Å². The number of aryl methyl sites for hydroxylation is 1. The summed E-state index contributed by atoms with van der Waals surface area (Å²) in [6.45, 7) is 4.09. The minimum atomic E-state index is 0.110. The molecule has 1 amide bonds. The number of carbonyl (C=O) groups is 1. The van der Waals surface area contributed by atoms with Gasteiger partial charge < -0.3 is 4.90 Å². The Balaban J connectivity index is 1.38. The van der Waals surface area contributed by atoms with Crippen molar-refractivity contribution < 1.29 is 4.79 Å². The minimum Gasteiger partial charge on any atom is -0.341 e. The van der Waals surface area contributed by atoms with E-state index >= 15 is 0 Å². The van der Waals surface area contributed by atoms with E-state index < -0.39 is 0 Å². The van der Waals surface area contributed by atoms with Crippen LogP contribution in [0.5, 0.6) is 0 Å². The normalized spacial score (nSPS) is 22.9. The molecule has 0 bridgehead atoms. The van der Waals surface area contributed by atoms with Gasteiger partial charge in [-0.2, -0.15) is 4.80 Å². The van der Waals surface area contributed by atoms with E-state index in [2.05, 4.69) is 34.5 Å². The molecular weight excluding hydrogens is 326 g/mol. The predicted molar refractivity (Wildman–Crippen MR) is 99.3 cm³/mol. The summed E-state index contributed by atoms with van der Waals surface area (Å²) in [6, 6.07) is 8.18. The van der Waals surface area contributed by atoms with Crippen molar-refractivity contribution in [3.05, 3.63) is 29.8 Å². The maximum absolute atomic E-state index is 12.7. The Bertz CT molecular complexity index is 754. The van der Waals surface area contributed by atoms with Crippen LogP contribution >= 0.6 is 0 Å². The first-order chi connectivity index (χ1) is 12.7. The highest BCUT2D eigenvalue weighted by Gasteiger charge is 2.33. The van der Waals surface area contributed by atoms with Crippen molar-refractivity contribution in [2.45, 2.75) is 52.0 Å². The summed E-state index contributed by atoms with van der Waals surface area (Å²) < 4.78 is 0. The van der Waals surface area contributed by atoms with E-state index in [9.17, 15) is 4.79 Å². The number of nitrogens with zero attached hydrogens (tertiary/aromatic N) is 5. The number of benzene rings is 1. The zero-order valence-electron chi connectivity index (χ0n) is 15.5. The average Bonchev–Trinajstić information content (AvgIpc) is 3.16. The Labute approximate surface area is 154 Å². The number of piperidine rings is 1. The molecule has 0 N–H and O–H groups in total. The Hall–Kier alpha value is -2.24. The van der Waals surface area contributed by atoms with E-state index in [1.807, 2.05) is 17.0 Å². The fraction of sp³-hybridized carbons (Fsp3) is 0.600. The lowest BCUT2D eigenvalue weighted by atomic mass is 9.75. The predicted octanol–water partition coefficient (Wildman–Crippen LogP) is 2.94. The van der Waals surface area contributed by atoms with Crippen LogP contribution in [-0.2, 0) is 17.8 Å². The summed E-state index contributed by atoms with van der Waals surface area (Å²) in [4.78, 5) is 16.1. The maximum Gasteiger partial charge on any atom is 0.246 e. The summed E-state index contributed by atoms with van der Waals surface area (Å²) in [7, 11) is 0. The highest BCUT2D eigenvalue weighted by Crippen LogP contribution is 2.36. The molecule has 2 aromatic rings. The molecule has 0 spiro atoms. The van der Waals surface area contributed by atoms with Crippen molar-refractivity contribution in [1.82, 2.24) is 25.1 Å². The molecule has 1 aromatic heterocycles. The number of likely N-dealkylation sites (tertiary alicyclic amines) is 1. The first-order valence-electron chi connectivity index (χ1n) is 9.88. The summed E-state index contributed by atoms with van der Waals surface area (Å²) in [6.07, 6.45) is 7.45. The van der Waals surface area contributed by atoms with Crippen LogP contribution in [0, 0.1) is 11.8 Å². The topological polar surface area (TPSA) is 63.9 Å². The van der Waals surface area contributed by atoms with Gasteiger partial charge in [0.2, 0.25) is 11.7 Å². The molecule has 2 aliphatic rings. The van der Waals surface area contributed by atoms with Crippen molar-refractivity contribution in [3.8, 4) is 11.4 Å². The molecule has 26 heavy (non-hydrogen) atoms. The molecule has 138 valence electrons. The molecule has 4 rings (SSSR count). The molecule has 0 unspecified atom stereocenters. The number of rotatable bonds is 4. The van der Waals surface area contributed by atoms with Gasteiger partial charge in [-0.1, -0.05) is 50.5 Å². The lowest BCUT2D eigenvalue weighted by Crippen LogP contribution is -2.46. The van der Waals surface area contributed by atoms with Crippen LogP contribution in [0.25, 0.3) is 11.4 Å². The number of carbonyl (C=O) groups excluding carboxylic acids is 1. The third kappa shape index (κ3) is 3.64. The summed E-state index contributed by atoms with van der Waals surface area (Å²) >= 11 is 0. The summed E-state index contributed by atoms with van der Waals surface area (Å²) in [5, 5.41) is 12.6. The number of fused-ring (bicyclic) bond motifs is 1. The summed E-state index contributed by atoms with van der Waals surface area (Å²) in [5.41, 5.74) is 2.21. The largest absolute Gasteiger partial charge is 0.341 e. The molecule has 1 aliphatic heterocycles. The molecule has 6 nitrogen and oxygen atoms in total. The second-order valence-electron chi connectivity index (χ2n) is 7.63. The van der Waals surface area contributed by atoms with Crippen LogP contribution in [0.2, 0.25) is 0 Å². The Morgan fingerprint density at radius 2 is 1.88 bits per heavy atom. The molecule has 1 aromatic carbocycles. The van der Waals surface area contributed by atoms with Crippen molar-refractivity contribution in [2.24, 2.45) is 11.8 Å². The molecule has 2 fully saturated rings. The first kappa shape index (κ1) is 17.2. The molecular formula is C20H27N5O. The lowest BCUT2D eigenvalue weighted by Gasteiger charge is -2.41. The molecule has 1 saturated carbocycles. The smallest absolute Gasteiger partial charge is 0.246 e. The van der Waals surface area contributed by atoms with E-state index in [0.717, 1.165) is 37.4 Å². The van der Waals surface area contributed by atoms with Crippen molar-refractivity contribution in [2.75, 3.05) is 13.1 Å². The van der Waals surface area contributed by atoms with Gasteiger partial charge in [0.05, 0.1) is 0 Å². The molecule has 6 heteroatoms. The number of hydrogen-bond acceptors (Lipinski definition) is 4. The fourth-order valence-electron chi connectivity index (χ4n) is 4.36. The number of tetrazole rings is 1. The SMILES string of the molecule is CCc1ccc(-c2nnn(CC(=O)N3CC[C@H]4CCCC[C@H]4C3)n2)cc1. The van der Waals surface area contributed by atoms with Crippen LogP contribution < -0.4 is 0 Å². The van der Waals surface area contributed by atoms with Gasteiger partial charge in [0, 0.05) is 18.7 Å². The van der Waals surface area contributed by atoms with E-state index in [4.69, 9.17) is 0 Å². The number of aromatic nitrogens is 4. The quantitative estimate of drug-likeness (QED) is 0.848. The Morgan fingerprint density at radius 1 is 1.12 bits per heavy atom. The lowest BCUT2D eigenvalue weighted by molar-refractivity contribution is -0.135. The highest BCUT2D eigenvalue weighted by molar-refractivity contribution is 5.76. The molecule has 2 atom stereocenters. The van der Waals surface area contributed by atoms with Gasteiger partial charge in [0.1, 0.15) is 6.54 Å². The fourth-order valence-corrected chi connectivity index (χ4v) is 4.36. The third-order valence-corrected chi connectivity index (χ3v) is 5.99. The van der Waals surface area contributed by atoms with Crippen molar-refractivity contribution in [3.63, 3.8) is 0 Å². The van der Waals surface area contributed by atoms with Crippen LogP contribution in [0.15, 0.2) is 24.3 Å². The van der Waals surface area contributed by atoms with Crippen LogP contribution in [0.4, 0.5) is 0 Å². The Morgan fingerprint density at radius 3 is 2.65 bits per heavy atom. The van der Waals surface area contributed by atoms with Crippen molar-refractivity contribution >= 4 is 5.91 Å². The van der Waals surface area contributed by atoms with Gasteiger partial charge in [0.25, 0.3) is 0 Å². The zero-order valence-corrected chi connectivity index (χ0v) is 15.5. The standard InChI is InChI=1S/C20H27N5O/c1-2-15-7-9-17(10-8-15)20-21-23-25(22-20)14-19(26)24-12-11-16-5-3-4-6-18(16)13-24/h7-10,16,18H,2-6,11-14H2,1H3/t16-,18+/m1/s1. The first-order valence-corrected chi connectivity index (χ1v) is 9.88. The van der Waals surface area contributed by atoms with Gasteiger partial charge in [0.15, 0.2) is 0 Å². The second kappa shape index (κ2) is 7.56. The summed E-state index contributed by atoms with van der Waals surface area (Å²) in [5.74, 6) is 2.21. The number of amides is 1. The van der Waals surface area contributed by atoms with Gasteiger partial charge in [-0.05, 0) is 41.9 Å². The average molecular weight is 353 g/mol. The third-order valence-electron chi connectivity index (χ3n) is 5.99. The van der Waals surface area contributed by atoms with Gasteiger partial charge in [-0.15, -0.1) is 10.2 Å². The molecule has 2 heterocycles. The number of hydrogen-bond donors (Lipinski definition) is 0. The molecule has 0 radical (unpaired) electrons. The highest BCUT2D eigenvalue weighted by atomic mass is 16.2. The molecule has 1 saturated heterocycles. The molecule has 1 aliphatic carbocycles. The zero-order chi connectivity index (χ0) is 17.9. The van der Waals surface area contributed by atoms with E-state index in [1.54, 1.807) is 0 Å². The minimum absolute atomic E-state index is 0.110. The van der Waals surface area contributed by atoms with Gasteiger partial charge in [-0.25, -0.2) is 0 Å².